The number of amides is 2. The monoisotopic (exact) mass is 344 g/mol. The molecule has 3 aliphatic heterocycles. The second kappa shape index (κ2) is 8.31. The van der Waals surface area contributed by atoms with Gasteiger partial charge in [-0.1, -0.05) is 0 Å². The first kappa shape index (κ1) is 18.5. The van der Waals surface area contributed by atoms with Crippen LogP contribution in [0.1, 0.15) is 32.6 Å². The van der Waals surface area contributed by atoms with E-state index in [9.17, 15) is 9.59 Å². The summed E-state index contributed by atoms with van der Waals surface area (Å²) in [5, 5.41) is 3.28. The fraction of sp³-hybridized carbons (Fsp3) is 0.875. The highest BCUT2D eigenvalue weighted by molar-refractivity contribution is 5.85. The molecular weight excluding hydrogens is 316 g/mol. The van der Waals surface area contributed by atoms with Crippen LogP contribution in [0.15, 0.2) is 0 Å². The van der Waals surface area contributed by atoms with Crippen molar-refractivity contribution in [1.29, 1.82) is 0 Å². The fourth-order valence-corrected chi connectivity index (χ4v) is 3.80. The van der Waals surface area contributed by atoms with Gasteiger partial charge in [0.05, 0.1) is 12.1 Å². The van der Waals surface area contributed by atoms with Crippen LogP contribution in [0.3, 0.4) is 0 Å². The van der Waals surface area contributed by atoms with Crippen molar-refractivity contribution < 1.29 is 9.59 Å². The molecule has 0 spiro atoms. The third-order valence-corrected chi connectivity index (χ3v) is 5.31. The van der Waals surface area contributed by atoms with Gasteiger partial charge in [-0.25, -0.2) is 0 Å². The second-order valence-electron chi connectivity index (χ2n) is 6.72. The Morgan fingerprint density at radius 1 is 0.957 bits per heavy atom. The maximum absolute atomic E-state index is 12.5. The number of piperazine rings is 1. The molecular formula is C16H29ClN4O2. The summed E-state index contributed by atoms with van der Waals surface area (Å²) in [6.07, 6.45) is 4.32. The van der Waals surface area contributed by atoms with Gasteiger partial charge in [0.15, 0.2) is 0 Å². The van der Waals surface area contributed by atoms with Gasteiger partial charge in [-0.2, -0.15) is 0 Å². The lowest BCUT2D eigenvalue weighted by Gasteiger charge is -2.39. The first-order chi connectivity index (χ1) is 10.7. The van der Waals surface area contributed by atoms with Gasteiger partial charge in [0.2, 0.25) is 11.8 Å². The molecule has 2 atom stereocenters. The summed E-state index contributed by atoms with van der Waals surface area (Å²) in [4.78, 5) is 31.0. The van der Waals surface area contributed by atoms with E-state index in [-0.39, 0.29) is 36.3 Å². The standard InChI is InChI=1S/C16H28N4O2.ClH/c1-13(15(21)19-7-2-3-8-19)18-9-11-20(12-10-18)16(22)14-5-4-6-17-14;/h13-14,17H,2-12H2,1H3;1H/t13?,14-;/m0./s1. The fourth-order valence-electron chi connectivity index (χ4n) is 3.80. The van der Waals surface area contributed by atoms with Gasteiger partial charge in [-0.15, -0.1) is 12.4 Å². The normalized spacial score (nSPS) is 26.9. The molecule has 23 heavy (non-hydrogen) atoms. The number of hydrogen-bond acceptors (Lipinski definition) is 4. The number of rotatable bonds is 3. The van der Waals surface area contributed by atoms with Crippen molar-refractivity contribution in [1.82, 2.24) is 20.0 Å². The van der Waals surface area contributed by atoms with E-state index < -0.39 is 0 Å². The van der Waals surface area contributed by atoms with Crippen LogP contribution in [0.5, 0.6) is 0 Å². The lowest BCUT2D eigenvalue weighted by Crippen LogP contribution is -2.57. The SMILES string of the molecule is CC(C(=O)N1CCCC1)N1CCN(C(=O)[C@@H]2CCCN2)CC1.Cl. The van der Waals surface area contributed by atoms with Crippen LogP contribution in [-0.4, -0.2) is 84.4 Å². The highest BCUT2D eigenvalue weighted by atomic mass is 35.5. The summed E-state index contributed by atoms with van der Waals surface area (Å²) in [6.45, 7) is 7.89. The van der Waals surface area contributed by atoms with Crippen LogP contribution in [0.2, 0.25) is 0 Å². The van der Waals surface area contributed by atoms with Gasteiger partial charge in [0, 0.05) is 39.3 Å². The van der Waals surface area contributed by atoms with Crippen molar-refractivity contribution in [3.8, 4) is 0 Å². The van der Waals surface area contributed by atoms with E-state index in [1.807, 2.05) is 16.7 Å². The predicted molar refractivity (Wildman–Crippen MR) is 91.7 cm³/mol. The number of nitrogens with one attached hydrogen (secondary N) is 1. The summed E-state index contributed by atoms with van der Waals surface area (Å²) in [7, 11) is 0. The van der Waals surface area contributed by atoms with E-state index in [4.69, 9.17) is 0 Å². The predicted octanol–water partition coefficient (Wildman–Crippen LogP) is 0.315. The number of halogens is 1. The molecule has 0 aromatic carbocycles. The lowest BCUT2D eigenvalue weighted by atomic mass is 10.1. The van der Waals surface area contributed by atoms with Crippen LogP contribution < -0.4 is 5.32 Å². The van der Waals surface area contributed by atoms with Gasteiger partial charge in [-0.05, 0) is 39.2 Å². The minimum Gasteiger partial charge on any atom is -0.341 e. The van der Waals surface area contributed by atoms with Crippen LogP contribution >= 0.6 is 12.4 Å². The molecule has 0 aromatic heterocycles. The minimum absolute atomic E-state index is 0. The molecule has 1 N–H and O–H groups in total. The zero-order valence-corrected chi connectivity index (χ0v) is 14.8. The molecule has 3 heterocycles. The Morgan fingerprint density at radius 3 is 2.17 bits per heavy atom. The maximum atomic E-state index is 12.5. The van der Waals surface area contributed by atoms with Gasteiger partial charge < -0.3 is 15.1 Å². The van der Waals surface area contributed by atoms with E-state index >= 15 is 0 Å². The van der Waals surface area contributed by atoms with Crippen LogP contribution in [0.25, 0.3) is 0 Å². The van der Waals surface area contributed by atoms with Crippen molar-refractivity contribution in [3.05, 3.63) is 0 Å². The molecule has 3 fully saturated rings. The number of nitrogens with zero attached hydrogens (tertiary/aromatic N) is 3. The van der Waals surface area contributed by atoms with E-state index in [2.05, 4.69) is 10.2 Å². The largest absolute Gasteiger partial charge is 0.341 e. The van der Waals surface area contributed by atoms with Crippen molar-refractivity contribution in [2.75, 3.05) is 45.8 Å². The molecule has 3 saturated heterocycles. The Balaban J connectivity index is 0.00000192. The third kappa shape index (κ3) is 4.17. The number of carbonyl (C=O) groups excluding carboxylic acids is 2. The molecule has 0 radical (unpaired) electrons. The first-order valence-corrected chi connectivity index (χ1v) is 8.72. The highest BCUT2D eigenvalue weighted by Gasteiger charge is 2.33. The summed E-state index contributed by atoms with van der Waals surface area (Å²) in [5.41, 5.74) is 0. The third-order valence-electron chi connectivity index (χ3n) is 5.31. The van der Waals surface area contributed by atoms with E-state index in [1.54, 1.807) is 0 Å². The highest BCUT2D eigenvalue weighted by Crippen LogP contribution is 2.15. The quantitative estimate of drug-likeness (QED) is 0.801. The average molecular weight is 345 g/mol. The Bertz CT molecular complexity index is 414. The van der Waals surface area contributed by atoms with E-state index in [0.717, 1.165) is 71.5 Å². The molecule has 0 bridgehead atoms. The molecule has 3 rings (SSSR count). The van der Waals surface area contributed by atoms with Crippen LogP contribution in [-0.2, 0) is 9.59 Å². The molecule has 6 nitrogen and oxygen atoms in total. The number of carbonyl (C=O) groups is 2. The summed E-state index contributed by atoms with van der Waals surface area (Å²) < 4.78 is 0. The average Bonchev–Trinajstić information content (AvgIpc) is 3.26. The van der Waals surface area contributed by atoms with Crippen molar-refractivity contribution >= 4 is 24.2 Å². The van der Waals surface area contributed by atoms with Gasteiger partial charge >= 0.3 is 0 Å². The lowest BCUT2D eigenvalue weighted by molar-refractivity contribution is -0.138. The van der Waals surface area contributed by atoms with Crippen LogP contribution in [0.4, 0.5) is 0 Å². The Morgan fingerprint density at radius 2 is 1.61 bits per heavy atom. The van der Waals surface area contributed by atoms with Crippen molar-refractivity contribution in [2.24, 2.45) is 0 Å². The van der Waals surface area contributed by atoms with Gasteiger partial charge in [-0.3, -0.25) is 14.5 Å². The summed E-state index contributed by atoms with van der Waals surface area (Å²) >= 11 is 0. The van der Waals surface area contributed by atoms with Crippen molar-refractivity contribution in [2.45, 2.75) is 44.7 Å². The van der Waals surface area contributed by atoms with E-state index in [1.165, 1.54) is 0 Å². The first-order valence-electron chi connectivity index (χ1n) is 8.72. The summed E-state index contributed by atoms with van der Waals surface area (Å²) in [5.74, 6) is 0.505. The number of likely N-dealkylation sites (tertiary alicyclic amines) is 1. The van der Waals surface area contributed by atoms with Crippen molar-refractivity contribution in [3.63, 3.8) is 0 Å². The van der Waals surface area contributed by atoms with Crippen LogP contribution in [0, 0.1) is 0 Å². The molecule has 7 heteroatoms. The minimum atomic E-state index is -0.0556. The zero-order chi connectivity index (χ0) is 15.5. The topological polar surface area (TPSA) is 55.9 Å². The molecule has 2 amide bonds. The number of hydrogen-bond donors (Lipinski definition) is 1. The zero-order valence-electron chi connectivity index (χ0n) is 14.0. The Kier molecular flexibility index (Phi) is 6.68. The smallest absolute Gasteiger partial charge is 0.239 e. The molecule has 0 aliphatic carbocycles. The van der Waals surface area contributed by atoms with Gasteiger partial charge in [0.25, 0.3) is 0 Å². The Labute approximate surface area is 145 Å². The maximum Gasteiger partial charge on any atom is 0.239 e. The van der Waals surface area contributed by atoms with Gasteiger partial charge in [0.1, 0.15) is 0 Å². The summed E-state index contributed by atoms with van der Waals surface area (Å²) in [6, 6.07) is -0.0323. The Hall–Kier alpha value is -0.850. The second-order valence-corrected chi connectivity index (χ2v) is 6.72. The molecule has 1 unspecified atom stereocenters. The molecule has 3 aliphatic rings. The van der Waals surface area contributed by atoms with E-state index in [0.29, 0.717) is 0 Å². The molecule has 0 saturated carbocycles. The molecule has 132 valence electrons. The molecule has 0 aromatic rings.